The van der Waals surface area contributed by atoms with E-state index in [4.69, 9.17) is 5.11 Å². The lowest BCUT2D eigenvalue weighted by molar-refractivity contribution is -0.385. The normalized spacial score (nSPS) is 14.7. The van der Waals surface area contributed by atoms with Crippen molar-refractivity contribution in [3.05, 3.63) is 39.9 Å². The Bertz CT molecular complexity index is 382. The van der Waals surface area contributed by atoms with Gasteiger partial charge in [-0.05, 0) is 32.0 Å². The number of carbonyl (C=O) groups is 1. The van der Waals surface area contributed by atoms with Crippen LogP contribution in [-0.2, 0) is 0 Å². The summed E-state index contributed by atoms with van der Waals surface area (Å²) in [5.41, 5.74) is -0.674. The number of carboxylic acid groups (broad SMARTS) is 1. The minimum atomic E-state index is -1.29. The molecule has 1 aliphatic rings. The van der Waals surface area contributed by atoms with Gasteiger partial charge in [0, 0.05) is 6.07 Å². The maximum atomic E-state index is 10.4. The van der Waals surface area contributed by atoms with Crippen LogP contribution in [0.25, 0.3) is 0 Å². The highest BCUT2D eigenvalue weighted by atomic mass is 16.6. The lowest BCUT2D eigenvalue weighted by atomic mass is 10.2. The van der Waals surface area contributed by atoms with Gasteiger partial charge in [0.05, 0.1) is 4.92 Å². The molecule has 1 fully saturated rings. The number of rotatable bonds is 2. The molecule has 19 heavy (non-hydrogen) atoms. The van der Waals surface area contributed by atoms with Crippen LogP contribution in [0.3, 0.4) is 0 Å². The standard InChI is InChI=1S/C7H5NO4.C6H13N/c9-7(10)5-3-1-2-4-6(5)8(11)12;1-2-4-6-7-5-3-1/h1-4H,(H,9,10);7H,1-6H2. The lowest BCUT2D eigenvalue weighted by Gasteiger charge is -1.94. The first-order chi connectivity index (χ1) is 9.13. The monoisotopic (exact) mass is 266 g/mol. The number of para-hydroxylation sites is 1. The third-order valence-corrected chi connectivity index (χ3v) is 2.79. The molecule has 1 aromatic carbocycles. The Kier molecular flexibility index (Phi) is 6.52. The first kappa shape index (κ1) is 15.1. The SMILES string of the molecule is C1CCCNCC1.O=C(O)c1ccccc1[N+](=O)[O-]. The Labute approximate surface area is 111 Å². The van der Waals surface area contributed by atoms with Crippen molar-refractivity contribution >= 4 is 11.7 Å². The van der Waals surface area contributed by atoms with Crippen molar-refractivity contribution < 1.29 is 14.8 Å². The van der Waals surface area contributed by atoms with E-state index in [-0.39, 0.29) is 11.3 Å². The van der Waals surface area contributed by atoms with Gasteiger partial charge in [0.25, 0.3) is 5.69 Å². The summed E-state index contributed by atoms with van der Waals surface area (Å²) in [6, 6.07) is 5.21. The van der Waals surface area contributed by atoms with E-state index >= 15 is 0 Å². The molecule has 2 rings (SSSR count). The van der Waals surface area contributed by atoms with Crippen LogP contribution in [-0.4, -0.2) is 29.1 Å². The zero-order valence-corrected chi connectivity index (χ0v) is 10.7. The molecule has 104 valence electrons. The van der Waals surface area contributed by atoms with Gasteiger partial charge >= 0.3 is 5.97 Å². The van der Waals surface area contributed by atoms with Crippen molar-refractivity contribution in [2.45, 2.75) is 25.7 Å². The Balaban J connectivity index is 0.000000218. The predicted octanol–water partition coefficient (Wildman–Crippen LogP) is 2.44. The molecule has 0 saturated carbocycles. The van der Waals surface area contributed by atoms with Gasteiger partial charge in [-0.3, -0.25) is 10.1 Å². The Hall–Kier alpha value is -1.95. The van der Waals surface area contributed by atoms with Gasteiger partial charge in [-0.2, -0.15) is 0 Å². The smallest absolute Gasteiger partial charge is 0.342 e. The summed E-state index contributed by atoms with van der Waals surface area (Å²) in [4.78, 5) is 20.0. The average molecular weight is 266 g/mol. The number of benzene rings is 1. The Morgan fingerprint density at radius 2 is 1.74 bits per heavy atom. The lowest BCUT2D eigenvalue weighted by Crippen LogP contribution is -2.12. The van der Waals surface area contributed by atoms with E-state index in [1.165, 1.54) is 57.0 Å². The quantitative estimate of drug-likeness (QED) is 0.633. The highest BCUT2D eigenvalue weighted by molar-refractivity contribution is 5.92. The van der Waals surface area contributed by atoms with Crippen LogP contribution >= 0.6 is 0 Å². The summed E-state index contributed by atoms with van der Waals surface area (Å²) >= 11 is 0. The molecule has 0 amide bonds. The van der Waals surface area contributed by atoms with Gasteiger partial charge < -0.3 is 10.4 Å². The maximum Gasteiger partial charge on any atom is 0.342 e. The molecule has 0 aliphatic carbocycles. The van der Waals surface area contributed by atoms with Crippen molar-refractivity contribution in [1.82, 2.24) is 5.32 Å². The molecular formula is C13H18N2O4. The molecule has 0 unspecified atom stereocenters. The largest absolute Gasteiger partial charge is 0.477 e. The summed E-state index contributed by atoms with van der Waals surface area (Å²) in [5, 5.41) is 22.1. The van der Waals surface area contributed by atoms with Crippen molar-refractivity contribution in [2.75, 3.05) is 13.1 Å². The minimum Gasteiger partial charge on any atom is -0.477 e. The van der Waals surface area contributed by atoms with Gasteiger partial charge in [-0.25, -0.2) is 4.79 Å². The maximum absolute atomic E-state index is 10.4. The van der Waals surface area contributed by atoms with Gasteiger partial charge in [-0.1, -0.05) is 25.0 Å². The fourth-order valence-corrected chi connectivity index (χ4v) is 1.79. The van der Waals surface area contributed by atoms with Gasteiger partial charge in [0.15, 0.2) is 0 Å². The van der Waals surface area contributed by atoms with E-state index < -0.39 is 10.9 Å². The van der Waals surface area contributed by atoms with Crippen LogP contribution in [0.1, 0.15) is 36.0 Å². The first-order valence-corrected chi connectivity index (χ1v) is 6.30. The van der Waals surface area contributed by atoms with E-state index in [1.54, 1.807) is 0 Å². The molecule has 1 heterocycles. The molecule has 1 saturated heterocycles. The summed E-state index contributed by atoms with van der Waals surface area (Å²) in [5.74, 6) is -1.29. The first-order valence-electron chi connectivity index (χ1n) is 6.30. The molecule has 6 heteroatoms. The third kappa shape index (κ3) is 5.48. The van der Waals surface area contributed by atoms with Crippen molar-refractivity contribution in [3.63, 3.8) is 0 Å². The second-order valence-electron chi connectivity index (χ2n) is 4.24. The van der Waals surface area contributed by atoms with E-state index in [9.17, 15) is 14.9 Å². The van der Waals surface area contributed by atoms with E-state index in [0.29, 0.717) is 0 Å². The summed E-state index contributed by atoms with van der Waals surface area (Å²) in [6.07, 6.45) is 5.65. The van der Waals surface area contributed by atoms with Crippen LogP contribution in [0.5, 0.6) is 0 Å². The van der Waals surface area contributed by atoms with E-state index in [1.807, 2.05) is 0 Å². The molecule has 6 nitrogen and oxygen atoms in total. The van der Waals surface area contributed by atoms with Crippen LogP contribution in [0, 0.1) is 10.1 Å². The third-order valence-electron chi connectivity index (χ3n) is 2.79. The van der Waals surface area contributed by atoms with Crippen LogP contribution < -0.4 is 5.32 Å². The molecule has 1 aromatic rings. The number of hydrogen-bond acceptors (Lipinski definition) is 4. The van der Waals surface area contributed by atoms with Crippen molar-refractivity contribution in [3.8, 4) is 0 Å². The molecule has 2 N–H and O–H groups in total. The van der Waals surface area contributed by atoms with Crippen LogP contribution in [0.4, 0.5) is 5.69 Å². The molecule has 1 aliphatic heterocycles. The molecular weight excluding hydrogens is 248 g/mol. The summed E-state index contributed by atoms with van der Waals surface area (Å²) in [7, 11) is 0. The fraction of sp³-hybridized carbons (Fsp3) is 0.462. The fourth-order valence-electron chi connectivity index (χ4n) is 1.79. The zero-order valence-electron chi connectivity index (χ0n) is 10.7. The highest BCUT2D eigenvalue weighted by Gasteiger charge is 2.17. The molecule has 0 aromatic heterocycles. The average Bonchev–Trinajstić information content (AvgIpc) is 2.71. The zero-order chi connectivity index (χ0) is 14.1. The number of hydrogen-bond donors (Lipinski definition) is 2. The van der Waals surface area contributed by atoms with Gasteiger partial charge in [-0.15, -0.1) is 0 Å². The Morgan fingerprint density at radius 1 is 1.16 bits per heavy atom. The number of nitro benzene ring substituents is 1. The summed E-state index contributed by atoms with van der Waals surface area (Å²) in [6.45, 7) is 2.50. The highest BCUT2D eigenvalue weighted by Crippen LogP contribution is 2.16. The molecule has 0 atom stereocenters. The molecule has 0 radical (unpaired) electrons. The number of nitro groups is 1. The topological polar surface area (TPSA) is 92.5 Å². The van der Waals surface area contributed by atoms with Crippen molar-refractivity contribution in [1.29, 1.82) is 0 Å². The molecule has 0 spiro atoms. The number of carboxylic acids is 1. The van der Waals surface area contributed by atoms with Gasteiger partial charge in [0.1, 0.15) is 5.56 Å². The minimum absolute atomic E-state index is 0.289. The number of nitrogens with one attached hydrogen (secondary N) is 1. The predicted molar refractivity (Wildman–Crippen MR) is 71.4 cm³/mol. The summed E-state index contributed by atoms with van der Waals surface area (Å²) < 4.78 is 0. The van der Waals surface area contributed by atoms with E-state index in [0.717, 1.165) is 6.07 Å². The second kappa shape index (κ2) is 8.20. The van der Waals surface area contributed by atoms with Crippen LogP contribution in [0.2, 0.25) is 0 Å². The van der Waals surface area contributed by atoms with Gasteiger partial charge in [0.2, 0.25) is 0 Å². The second-order valence-corrected chi connectivity index (χ2v) is 4.24. The number of aromatic carboxylic acids is 1. The van der Waals surface area contributed by atoms with Crippen molar-refractivity contribution in [2.24, 2.45) is 0 Å². The van der Waals surface area contributed by atoms with Crippen LogP contribution in [0.15, 0.2) is 24.3 Å². The molecule has 0 bridgehead atoms. The number of nitrogens with zero attached hydrogens (tertiary/aromatic N) is 1. The Morgan fingerprint density at radius 3 is 2.21 bits per heavy atom. The van der Waals surface area contributed by atoms with E-state index in [2.05, 4.69) is 5.32 Å².